The quantitative estimate of drug-likeness (QED) is 0.881. The molecule has 2 rings (SSSR count). The Hall–Kier alpha value is -1.61. The third-order valence-electron chi connectivity index (χ3n) is 3.09. The maximum absolute atomic E-state index is 9.03. The van der Waals surface area contributed by atoms with E-state index < -0.39 is 0 Å². The number of aryl methyl sites for hydroxylation is 1. The molecule has 1 aromatic carbocycles. The van der Waals surface area contributed by atoms with Crippen LogP contribution < -0.4 is 0 Å². The van der Waals surface area contributed by atoms with Gasteiger partial charge in [0.2, 0.25) is 0 Å². The first-order chi connectivity index (χ1) is 8.41. The van der Waals surface area contributed by atoms with Crippen LogP contribution in [0.25, 0.3) is 11.3 Å². The third kappa shape index (κ3) is 2.46. The first-order valence-electron chi connectivity index (χ1n) is 6.10. The van der Waals surface area contributed by atoms with Gasteiger partial charge in [-0.05, 0) is 29.5 Å². The predicted molar refractivity (Wildman–Crippen MR) is 71.3 cm³/mol. The van der Waals surface area contributed by atoms with Gasteiger partial charge in [-0.3, -0.25) is 0 Å². The van der Waals surface area contributed by atoms with Gasteiger partial charge in [-0.1, -0.05) is 38.1 Å². The van der Waals surface area contributed by atoms with E-state index in [-0.39, 0.29) is 12.0 Å². The second-order valence-corrected chi connectivity index (χ2v) is 5.62. The van der Waals surface area contributed by atoms with Crippen molar-refractivity contribution >= 4 is 0 Å². The second-order valence-electron chi connectivity index (χ2n) is 5.62. The van der Waals surface area contributed by atoms with E-state index in [0.717, 1.165) is 11.1 Å². The lowest BCUT2D eigenvalue weighted by atomic mass is 9.85. The highest BCUT2D eigenvalue weighted by atomic mass is 16.5. The molecule has 1 aromatic heterocycles. The summed E-state index contributed by atoms with van der Waals surface area (Å²) in [5, 5.41) is 12.8. The van der Waals surface area contributed by atoms with Crippen molar-refractivity contribution in [2.24, 2.45) is 0 Å². The fraction of sp³-hybridized carbons (Fsp3) is 0.400. The molecule has 96 valence electrons. The molecule has 18 heavy (non-hydrogen) atoms. The highest BCUT2D eigenvalue weighted by Gasteiger charge is 2.16. The van der Waals surface area contributed by atoms with E-state index in [1.807, 2.05) is 6.92 Å². The Morgan fingerprint density at radius 2 is 1.94 bits per heavy atom. The van der Waals surface area contributed by atoms with Gasteiger partial charge >= 0.3 is 0 Å². The molecule has 0 amide bonds. The topological polar surface area (TPSA) is 46.3 Å². The van der Waals surface area contributed by atoms with Gasteiger partial charge in [-0.2, -0.15) is 0 Å². The summed E-state index contributed by atoms with van der Waals surface area (Å²) in [6.45, 7) is 8.49. The van der Waals surface area contributed by atoms with Gasteiger partial charge < -0.3 is 9.63 Å². The number of rotatable bonds is 2. The second kappa shape index (κ2) is 4.58. The predicted octanol–water partition coefficient (Wildman–Crippen LogP) is 3.44. The molecule has 3 nitrogen and oxygen atoms in total. The van der Waals surface area contributed by atoms with Crippen molar-refractivity contribution in [2.45, 2.75) is 39.7 Å². The standard InChI is InChI=1S/C15H19NO2/c1-10-5-6-11(15(2,3)4)7-13(10)14-8-12(9-17)16-18-14/h5-8,17H,9H2,1-4H3. The number of nitrogens with zero attached hydrogens (tertiary/aromatic N) is 1. The molecule has 2 aromatic rings. The highest BCUT2D eigenvalue weighted by Crippen LogP contribution is 2.30. The van der Waals surface area contributed by atoms with Crippen LogP contribution >= 0.6 is 0 Å². The average molecular weight is 245 g/mol. The molecule has 0 aliphatic rings. The first-order valence-corrected chi connectivity index (χ1v) is 6.10. The lowest BCUT2D eigenvalue weighted by molar-refractivity contribution is 0.267. The molecular formula is C15H19NO2. The normalized spacial score (nSPS) is 11.8. The van der Waals surface area contributed by atoms with E-state index in [4.69, 9.17) is 9.63 Å². The summed E-state index contributed by atoms with van der Waals surface area (Å²) in [6, 6.07) is 8.16. The molecule has 0 unspecified atom stereocenters. The SMILES string of the molecule is Cc1ccc(C(C)(C)C)cc1-c1cc(CO)no1. The van der Waals surface area contributed by atoms with Crippen molar-refractivity contribution in [1.82, 2.24) is 5.16 Å². The minimum Gasteiger partial charge on any atom is -0.390 e. The minimum absolute atomic E-state index is 0.0957. The summed E-state index contributed by atoms with van der Waals surface area (Å²) in [5.41, 5.74) is 4.09. The molecule has 0 radical (unpaired) electrons. The van der Waals surface area contributed by atoms with Crippen LogP contribution in [0.2, 0.25) is 0 Å². The fourth-order valence-corrected chi connectivity index (χ4v) is 1.87. The van der Waals surface area contributed by atoms with Crippen molar-refractivity contribution in [3.05, 3.63) is 41.1 Å². The molecule has 0 saturated carbocycles. The maximum Gasteiger partial charge on any atom is 0.167 e. The fourth-order valence-electron chi connectivity index (χ4n) is 1.87. The van der Waals surface area contributed by atoms with Gasteiger partial charge in [-0.15, -0.1) is 0 Å². The Morgan fingerprint density at radius 3 is 2.50 bits per heavy atom. The van der Waals surface area contributed by atoms with Crippen molar-refractivity contribution in [3.63, 3.8) is 0 Å². The largest absolute Gasteiger partial charge is 0.390 e. The summed E-state index contributed by atoms with van der Waals surface area (Å²) in [4.78, 5) is 0. The van der Waals surface area contributed by atoms with E-state index in [9.17, 15) is 0 Å². The number of aliphatic hydroxyl groups excluding tert-OH is 1. The van der Waals surface area contributed by atoms with Crippen molar-refractivity contribution in [1.29, 1.82) is 0 Å². The van der Waals surface area contributed by atoms with Crippen LogP contribution in [0.15, 0.2) is 28.8 Å². The highest BCUT2D eigenvalue weighted by molar-refractivity contribution is 5.63. The molecule has 0 saturated heterocycles. The lowest BCUT2D eigenvalue weighted by Crippen LogP contribution is -2.11. The van der Waals surface area contributed by atoms with Gasteiger partial charge in [0.25, 0.3) is 0 Å². The molecule has 0 atom stereocenters. The molecule has 1 heterocycles. The number of benzene rings is 1. The van der Waals surface area contributed by atoms with Gasteiger partial charge in [0, 0.05) is 11.6 Å². The van der Waals surface area contributed by atoms with Gasteiger partial charge in [-0.25, -0.2) is 0 Å². The molecule has 0 bridgehead atoms. The minimum atomic E-state index is -0.0957. The smallest absolute Gasteiger partial charge is 0.167 e. The summed E-state index contributed by atoms with van der Waals surface area (Å²) in [7, 11) is 0. The zero-order chi connectivity index (χ0) is 13.3. The Labute approximate surface area is 107 Å². The monoisotopic (exact) mass is 245 g/mol. The molecule has 0 aliphatic heterocycles. The van der Waals surface area contributed by atoms with E-state index in [0.29, 0.717) is 11.5 Å². The third-order valence-corrected chi connectivity index (χ3v) is 3.09. The maximum atomic E-state index is 9.03. The Kier molecular flexibility index (Phi) is 3.26. The number of aromatic nitrogens is 1. The average Bonchev–Trinajstić information content (AvgIpc) is 2.76. The molecular weight excluding hydrogens is 226 g/mol. The Bertz CT molecular complexity index is 550. The van der Waals surface area contributed by atoms with Gasteiger partial charge in [0.05, 0.1) is 6.61 Å². The zero-order valence-corrected chi connectivity index (χ0v) is 11.3. The van der Waals surface area contributed by atoms with Crippen LogP contribution in [0.4, 0.5) is 0 Å². The number of aliphatic hydroxyl groups is 1. The van der Waals surface area contributed by atoms with Gasteiger partial charge in [0.1, 0.15) is 5.69 Å². The van der Waals surface area contributed by atoms with Gasteiger partial charge in [0.15, 0.2) is 5.76 Å². The summed E-state index contributed by atoms with van der Waals surface area (Å²) in [5.74, 6) is 0.711. The van der Waals surface area contributed by atoms with Crippen LogP contribution in [0.1, 0.15) is 37.6 Å². The summed E-state index contributed by atoms with van der Waals surface area (Å²) >= 11 is 0. The molecule has 3 heteroatoms. The van der Waals surface area contributed by atoms with Crippen molar-refractivity contribution in [3.8, 4) is 11.3 Å². The van der Waals surface area contributed by atoms with E-state index in [1.54, 1.807) is 6.07 Å². The van der Waals surface area contributed by atoms with Crippen molar-refractivity contribution in [2.75, 3.05) is 0 Å². The summed E-state index contributed by atoms with van der Waals surface area (Å²) < 4.78 is 5.28. The number of hydrogen-bond acceptors (Lipinski definition) is 3. The lowest BCUT2D eigenvalue weighted by Gasteiger charge is -2.20. The molecule has 1 N–H and O–H groups in total. The van der Waals surface area contributed by atoms with Crippen LogP contribution in [-0.2, 0) is 12.0 Å². The molecule has 0 spiro atoms. The van der Waals surface area contributed by atoms with E-state index >= 15 is 0 Å². The van der Waals surface area contributed by atoms with Crippen molar-refractivity contribution < 1.29 is 9.63 Å². The van der Waals surface area contributed by atoms with Crippen LogP contribution in [0.5, 0.6) is 0 Å². The van der Waals surface area contributed by atoms with Crippen LogP contribution in [0.3, 0.4) is 0 Å². The van der Waals surface area contributed by atoms with Crippen LogP contribution in [0, 0.1) is 6.92 Å². The van der Waals surface area contributed by atoms with E-state index in [1.165, 1.54) is 5.56 Å². The van der Waals surface area contributed by atoms with E-state index in [2.05, 4.69) is 44.1 Å². The Balaban J connectivity index is 2.49. The summed E-state index contributed by atoms with van der Waals surface area (Å²) in [6.07, 6.45) is 0. The molecule has 0 aliphatic carbocycles. The van der Waals surface area contributed by atoms with Crippen LogP contribution in [-0.4, -0.2) is 10.3 Å². The zero-order valence-electron chi connectivity index (χ0n) is 11.3. The Morgan fingerprint density at radius 1 is 1.22 bits per heavy atom. The first kappa shape index (κ1) is 12.8. The molecule has 0 fully saturated rings. The number of hydrogen-bond donors (Lipinski definition) is 1.